The summed E-state index contributed by atoms with van der Waals surface area (Å²) in [6.07, 6.45) is 0. The van der Waals surface area contributed by atoms with E-state index in [0.717, 1.165) is 0 Å². The molecule has 3 rings (SSSR count). The molecule has 2 aromatic rings. The number of fused-ring (bicyclic) bond motifs is 2. The van der Waals surface area contributed by atoms with Crippen LogP contribution in [0.5, 0.6) is 0 Å². The van der Waals surface area contributed by atoms with Crippen molar-refractivity contribution in [3.05, 3.63) is 64.7 Å². The molecule has 0 spiro atoms. The number of nitrogens with zero attached hydrogens (tertiary/aromatic N) is 1. The predicted molar refractivity (Wildman–Crippen MR) is 106 cm³/mol. The monoisotopic (exact) mass is 381 g/mol. The second-order valence-corrected chi connectivity index (χ2v) is 6.31. The molecule has 0 radical (unpaired) electrons. The summed E-state index contributed by atoms with van der Waals surface area (Å²) in [7, 11) is 0. The van der Waals surface area contributed by atoms with Gasteiger partial charge in [-0.2, -0.15) is 0 Å². The average molecular weight is 381 g/mol. The van der Waals surface area contributed by atoms with E-state index in [1.807, 2.05) is 0 Å². The van der Waals surface area contributed by atoms with Gasteiger partial charge in [0.15, 0.2) is 11.6 Å². The van der Waals surface area contributed by atoms with E-state index in [4.69, 9.17) is 11.5 Å². The van der Waals surface area contributed by atoms with Gasteiger partial charge in [0, 0.05) is 36.3 Å². The van der Waals surface area contributed by atoms with Crippen molar-refractivity contribution in [1.29, 1.82) is 0 Å². The largest absolute Gasteiger partial charge is 0.353 e. The van der Waals surface area contributed by atoms with Crippen LogP contribution in [0.3, 0.4) is 0 Å². The first-order valence-corrected chi connectivity index (χ1v) is 9.07. The van der Waals surface area contributed by atoms with E-state index in [0.29, 0.717) is 54.1 Å². The standard InChI is InChI=1S/C20H23N5O3/c21-8-9-24-25(11-10-23-17(26)12-22)16-7-3-6-15-18(16)20(28)14-5-2-1-4-13(14)19(15)27/h1-7,24H,8-12,21-22H2,(H,23,26). The Balaban J connectivity index is 1.97. The average Bonchev–Trinajstić information content (AvgIpc) is 2.73. The molecule has 0 aromatic heterocycles. The van der Waals surface area contributed by atoms with Crippen LogP contribution >= 0.6 is 0 Å². The molecule has 8 nitrogen and oxygen atoms in total. The van der Waals surface area contributed by atoms with E-state index >= 15 is 0 Å². The Kier molecular flexibility index (Phi) is 6.15. The number of nitrogens with one attached hydrogen (secondary N) is 2. The third kappa shape index (κ3) is 3.79. The molecule has 1 amide bonds. The van der Waals surface area contributed by atoms with Gasteiger partial charge in [-0.3, -0.25) is 14.4 Å². The number of hydrazine groups is 1. The summed E-state index contributed by atoms with van der Waals surface area (Å²) in [4.78, 5) is 37.5. The molecular formula is C20H23N5O3. The molecule has 0 bridgehead atoms. The van der Waals surface area contributed by atoms with Gasteiger partial charge in [-0.15, -0.1) is 0 Å². The summed E-state index contributed by atoms with van der Waals surface area (Å²) in [6, 6.07) is 12.0. The minimum Gasteiger partial charge on any atom is -0.353 e. The highest BCUT2D eigenvalue weighted by Gasteiger charge is 2.32. The summed E-state index contributed by atoms with van der Waals surface area (Å²) in [5.74, 6) is -0.650. The van der Waals surface area contributed by atoms with Gasteiger partial charge in [0.05, 0.1) is 24.3 Å². The Morgan fingerprint density at radius 2 is 1.57 bits per heavy atom. The number of benzene rings is 2. The van der Waals surface area contributed by atoms with Crippen molar-refractivity contribution in [3.63, 3.8) is 0 Å². The van der Waals surface area contributed by atoms with Crippen LogP contribution in [-0.2, 0) is 4.79 Å². The van der Waals surface area contributed by atoms with Crippen LogP contribution in [0.2, 0.25) is 0 Å². The highest BCUT2D eigenvalue weighted by atomic mass is 16.2. The van der Waals surface area contributed by atoms with E-state index in [9.17, 15) is 14.4 Å². The lowest BCUT2D eigenvalue weighted by Gasteiger charge is -2.29. The second kappa shape index (κ2) is 8.75. The fourth-order valence-electron chi connectivity index (χ4n) is 3.22. The number of ketones is 2. The van der Waals surface area contributed by atoms with Crippen molar-refractivity contribution in [2.24, 2.45) is 11.5 Å². The molecule has 0 atom stereocenters. The van der Waals surface area contributed by atoms with E-state index in [2.05, 4.69) is 10.7 Å². The maximum Gasteiger partial charge on any atom is 0.233 e. The molecule has 2 aromatic carbocycles. The lowest BCUT2D eigenvalue weighted by molar-refractivity contribution is -0.119. The molecule has 0 saturated heterocycles. The van der Waals surface area contributed by atoms with Crippen molar-refractivity contribution in [2.75, 3.05) is 37.7 Å². The number of hydrogen-bond donors (Lipinski definition) is 4. The number of rotatable bonds is 8. The summed E-state index contributed by atoms with van der Waals surface area (Å²) in [5.41, 5.74) is 16.2. The highest BCUT2D eigenvalue weighted by molar-refractivity contribution is 6.30. The summed E-state index contributed by atoms with van der Waals surface area (Å²) < 4.78 is 0. The van der Waals surface area contributed by atoms with Crippen LogP contribution in [-0.4, -0.2) is 50.2 Å². The van der Waals surface area contributed by atoms with Gasteiger partial charge in [-0.25, -0.2) is 5.43 Å². The lowest BCUT2D eigenvalue weighted by atomic mass is 9.83. The molecule has 0 aliphatic heterocycles. The van der Waals surface area contributed by atoms with Crippen molar-refractivity contribution < 1.29 is 14.4 Å². The van der Waals surface area contributed by atoms with Crippen molar-refractivity contribution in [2.45, 2.75) is 0 Å². The van der Waals surface area contributed by atoms with Crippen LogP contribution in [0.1, 0.15) is 31.8 Å². The predicted octanol–water partition coefficient (Wildman–Crippen LogP) is -0.193. The number of hydrogen-bond acceptors (Lipinski definition) is 7. The zero-order valence-corrected chi connectivity index (χ0v) is 15.4. The second-order valence-electron chi connectivity index (χ2n) is 6.31. The Labute approximate surface area is 162 Å². The van der Waals surface area contributed by atoms with Crippen LogP contribution in [0, 0.1) is 0 Å². The normalized spacial score (nSPS) is 12.4. The van der Waals surface area contributed by atoms with Gasteiger partial charge >= 0.3 is 0 Å². The van der Waals surface area contributed by atoms with Crippen molar-refractivity contribution in [3.8, 4) is 0 Å². The zero-order chi connectivity index (χ0) is 20.1. The molecule has 28 heavy (non-hydrogen) atoms. The first-order chi connectivity index (χ1) is 13.6. The van der Waals surface area contributed by atoms with E-state index in [1.54, 1.807) is 47.5 Å². The lowest BCUT2D eigenvalue weighted by Crippen LogP contribution is -2.46. The third-order valence-corrected chi connectivity index (χ3v) is 4.51. The van der Waals surface area contributed by atoms with Crippen LogP contribution in [0.15, 0.2) is 42.5 Å². The molecule has 146 valence electrons. The number of nitrogens with two attached hydrogens (primary N) is 2. The number of carbonyl (C=O) groups excluding carboxylic acids is 3. The molecule has 6 N–H and O–H groups in total. The third-order valence-electron chi connectivity index (χ3n) is 4.51. The van der Waals surface area contributed by atoms with E-state index in [-0.39, 0.29) is 24.0 Å². The number of carbonyl (C=O) groups is 3. The molecule has 1 aliphatic carbocycles. The Morgan fingerprint density at radius 1 is 0.893 bits per heavy atom. The molecule has 0 saturated carbocycles. The van der Waals surface area contributed by atoms with Gasteiger partial charge < -0.3 is 21.8 Å². The van der Waals surface area contributed by atoms with E-state index in [1.165, 1.54) is 0 Å². The fourth-order valence-corrected chi connectivity index (χ4v) is 3.22. The van der Waals surface area contributed by atoms with Crippen molar-refractivity contribution in [1.82, 2.24) is 10.7 Å². The van der Waals surface area contributed by atoms with Gasteiger partial charge in [0.1, 0.15) is 0 Å². The van der Waals surface area contributed by atoms with Crippen molar-refractivity contribution >= 4 is 23.2 Å². The number of amides is 1. The Morgan fingerprint density at radius 3 is 2.25 bits per heavy atom. The minimum atomic E-state index is -0.269. The number of anilines is 1. The highest BCUT2D eigenvalue weighted by Crippen LogP contribution is 2.33. The topological polar surface area (TPSA) is 131 Å². The van der Waals surface area contributed by atoms with E-state index < -0.39 is 0 Å². The van der Waals surface area contributed by atoms with Gasteiger partial charge in [-0.1, -0.05) is 36.4 Å². The molecule has 0 unspecified atom stereocenters. The van der Waals surface area contributed by atoms with Crippen LogP contribution in [0.25, 0.3) is 0 Å². The maximum absolute atomic E-state index is 13.2. The molecular weight excluding hydrogens is 358 g/mol. The summed E-state index contributed by atoms with van der Waals surface area (Å²) >= 11 is 0. The Hall–Kier alpha value is -3.07. The summed E-state index contributed by atoms with van der Waals surface area (Å²) in [5, 5.41) is 4.43. The van der Waals surface area contributed by atoms with Crippen LogP contribution in [0.4, 0.5) is 5.69 Å². The maximum atomic E-state index is 13.2. The molecule has 1 aliphatic rings. The van der Waals surface area contributed by atoms with Gasteiger partial charge in [0.2, 0.25) is 5.91 Å². The van der Waals surface area contributed by atoms with Crippen LogP contribution < -0.4 is 27.2 Å². The van der Waals surface area contributed by atoms with Gasteiger partial charge in [-0.05, 0) is 6.07 Å². The van der Waals surface area contributed by atoms with Gasteiger partial charge in [0.25, 0.3) is 0 Å². The quantitative estimate of drug-likeness (QED) is 0.398. The molecule has 8 heteroatoms. The SMILES string of the molecule is NCCNN(CCNC(=O)CN)c1cccc2c1C(=O)c1ccccc1C2=O. The summed E-state index contributed by atoms with van der Waals surface area (Å²) in [6.45, 7) is 1.44. The molecule has 0 heterocycles. The smallest absolute Gasteiger partial charge is 0.233 e. The molecule has 0 fully saturated rings. The first kappa shape index (κ1) is 19.7. The Bertz CT molecular complexity index is 912. The first-order valence-electron chi connectivity index (χ1n) is 9.07. The fraction of sp³-hybridized carbons (Fsp3) is 0.250. The zero-order valence-electron chi connectivity index (χ0n) is 15.4. The minimum absolute atomic E-state index is 0.0965.